The van der Waals surface area contributed by atoms with E-state index in [0.29, 0.717) is 29.3 Å². The number of ether oxygens (including phenoxy) is 1. The van der Waals surface area contributed by atoms with Crippen molar-refractivity contribution in [2.24, 2.45) is 0 Å². The Hall–Kier alpha value is -4.01. The van der Waals surface area contributed by atoms with Gasteiger partial charge in [-0.15, -0.1) is 0 Å². The first-order valence-corrected chi connectivity index (χ1v) is 9.11. The van der Waals surface area contributed by atoms with Gasteiger partial charge in [0.05, 0.1) is 6.26 Å². The Kier molecular flexibility index (Phi) is 4.27. The zero-order valence-electron chi connectivity index (χ0n) is 15.7. The third kappa shape index (κ3) is 3.20. The summed E-state index contributed by atoms with van der Waals surface area (Å²) in [6, 6.07) is 8.37. The van der Waals surface area contributed by atoms with Crippen LogP contribution in [0.1, 0.15) is 18.1 Å². The molecule has 0 saturated carbocycles. The summed E-state index contributed by atoms with van der Waals surface area (Å²) in [6.07, 6.45) is 5.10. The van der Waals surface area contributed by atoms with Gasteiger partial charge < -0.3 is 14.5 Å². The van der Waals surface area contributed by atoms with Crippen molar-refractivity contribution in [2.75, 3.05) is 5.32 Å². The summed E-state index contributed by atoms with van der Waals surface area (Å²) in [7, 11) is 0. The van der Waals surface area contributed by atoms with E-state index in [1.165, 1.54) is 12.3 Å². The van der Waals surface area contributed by atoms with Crippen molar-refractivity contribution in [2.45, 2.75) is 13.3 Å². The molecule has 1 aromatic carbocycles. The number of hydrogen-bond donors (Lipinski definition) is 2. The first-order valence-electron chi connectivity index (χ1n) is 9.11. The number of fused-ring (bicyclic) bond motifs is 1. The van der Waals surface area contributed by atoms with E-state index < -0.39 is 17.5 Å². The molecule has 3 aromatic heterocycles. The fourth-order valence-electron chi connectivity index (χ4n) is 3.28. The zero-order chi connectivity index (χ0) is 20.7. The number of rotatable bonds is 5. The number of anilines is 2. The highest BCUT2D eigenvalue weighted by atomic mass is 19.1. The smallest absolute Gasteiger partial charge is 0.261 e. The largest absolute Gasteiger partial charge is 0.463 e. The standard InChI is InChI=1S/C21H15F2N5O2/c1-11-7-12-4-5-16(18(22)13(12)8-11)30-21-19(23)20(24-10-25-21)26-17-9-14(27-28-17)15-3-2-6-29-15/h2-6,8-10H,7H2,1H3,(H2,24,25,26,27,28). The number of H-pyrrole nitrogens is 1. The second-order valence-electron chi connectivity index (χ2n) is 6.83. The van der Waals surface area contributed by atoms with Crippen LogP contribution in [0.25, 0.3) is 17.5 Å². The van der Waals surface area contributed by atoms with Gasteiger partial charge in [0.1, 0.15) is 12.0 Å². The van der Waals surface area contributed by atoms with Crippen LogP contribution in [0.3, 0.4) is 0 Å². The molecule has 9 heteroatoms. The Morgan fingerprint density at radius 3 is 2.90 bits per heavy atom. The highest BCUT2D eigenvalue weighted by Gasteiger charge is 2.21. The average Bonchev–Trinajstić information content (AvgIpc) is 3.47. The lowest BCUT2D eigenvalue weighted by molar-refractivity contribution is 0.397. The molecular weight excluding hydrogens is 392 g/mol. The van der Waals surface area contributed by atoms with Crippen molar-refractivity contribution in [1.82, 2.24) is 20.2 Å². The fourth-order valence-corrected chi connectivity index (χ4v) is 3.28. The van der Waals surface area contributed by atoms with Gasteiger partial charge in [-0.25, -0.2) is 9.37 Å². The normalized spacial score (nSPS) is 12.6. The predicted octanol–water partition coefficient (Wildman–Crippen LogP) is 5.23. The lowest BCUT2D eigenvalue weighted by Gasteiger charge is -2.11. The number of aromatic nitrogens is 4. The van der Waals surface area contributed by atoms with Crippen LogP contribution in [-0.2, 0) is 6.42 Å². The van der Waals surface area contributed by atoms with Gasteiger partial charge in [-0.2, -0.15) is 14.5 Å². The number of halogens is 2. The maximum Gasteiger partial charge on any atom is 0.261 e. The quantitative estimate of drug-likeness (QED) is 0.471. The van der Waals surface area contributed by atoms with Gasteiger partial charge in [0.25, 0.3) is 5.88 Å². The Bertz CT molecular complexity index is 1260. The molecule has 1 aliphatic carbocycles. The van der Waals surface area contributed by atoms with E-state index >= 15 is 0 Å². The fraction of sp³-hybridized carbons (Fsp3) is 0.0952. The number of furan rings is 1. The van der Waals surface area contributed by atoms with Crippen LogP contribution in [-0.4, -0.2) is 20.2 Å². The molecule has 0 atom stereocenters. The monoisotopic (exact) mass is 407 g/mol. The van der Waals surface area contributed by atoms with Gasteiger partial charge in [-0.1, -0.05) is 17.7 Å². The van der Waals surface area contributed by atoms with Gasteiger partial charge >= 0.3 is 0 Å². The van der Waals surface area contributed by atoms with Crippen molar-refractivity contribution in [3.63, 3.8) is 0 Å². The van der Waals surface area contributed by atoms with Crippen LogP contribution in [0.5, 0.6) is 11.6 Å². The number of allylic oxidation sites excluding steroid dienone is 1. The molecule has 0 fully saturated rings. The van der Waals surface area contributed by atoms with Gasteiger partial charge in [0, 0.05) is 11.6 Å². The van der Waals surface area contributed by atoms with E-state index in [-0.39, 0.29) is 11.6 Å². The maximum atomic E-state index is 14.9. The van der Waals surface area contributed by atoms with Crippen molar-refractivity contribution < 1.29 is 17.9 Å². The number of nitrogens with zero attached hydrogens (tertiary/aromatic N) is 3. The van der Waals surface area contributed by atoms with Crippen LogP contribution in [0.4, 0.5) is 20.4 Å². The number of hydrogen-bond acceptors (Lipinski definition) is 6. The van der Waals surface area contributed by atoms with Gasteiger partial charge in [0.15, 0.2) is 29.0 Å². The first kappa shape index (κ1) is 18.0. The summed E-state index contributed by atoms with van der Waals surface area (Å²) >= 11 is 0. The van der Waals surface area contributed by atoms with Gasteiger partial charge in [-0.3, -0.25) is 5.10 Å². The minimum absolute atomic E-state index is 0.108. The molecule has 0 radical (unpaired) electrons. The molecule has 3 heterocycles. The minimum Gasteiger partial charge on any atom is -0.463 e. The number of benzene rings is 1. The van der Waals surface area contributed by atoms with Gasteiger partial charge in [0.2, 0.25) is 5.82 Å². The molecule has 0 saturated heterocycles. The van der Waals surface area contributed by atoms with Crippen LogP contribution in [0.15, 0.2) is 52.9 Å². The van der Waals surface area contributed by atoms with Gasteiger partial charge in [-0.05, 0) is 37.1 Å². The maximum absolute atomic E-state index is 14.9. The van der Waals surface area contributed by atoms with E-state index in [4.69, 9.17) is 9.15 Å². The van der Waals surface area contributed by atoms with E-state index in [0.717, 1.165) is 17.5 Å². The molecule has 0 amide bonds. The van der Waals surface area contributed by atoms with Crippen LogP contribution >= 0.6 is 0 Å². The summed E-state index contributed by atoms with van der Waals surface area (Å²) in [5.74, 6) is -1.18. The van der Waals surface area contributed by atoms with E-state index in [1.807, 2.05) is 6.92 Å². The Morgan fingerprint density at radius 2 is 2.07 bits per heavy atom. The summed E-state index contributed by atoms with van der Waals surface area (Å²) in [4.78, 5) is 7.68. The molecule has 1 aliphatic rings. The molecule has 0 aliphatic heterocycles. The molecule has 4 aromatic rings. The van der Waals surface area contributed by atoms with E-state index in [9.17, 15) is 8.78 Å². The Morgan fingerprint density at radius 1 is 1.17 bits per heavy atom. The molecule has 2 N–H and O–H groups in total. The number of aromatic amines is 1. The summed E-state index contributed by atoms with van der Waals surface area (Å²) in [5, 5.41) is 9.58. The highest BCUT2D eigenvalue weighted by molar-refractivity contribution is 5.66. The van der Waals surface area contributed by atoms with Crippen LogP contribution in [0, 0.1) is 11.6 Å². The zero-order valence-corrected chi connectivity index (χ0v) is 15.7. The Labute approximate surface area is 169 Å². The molecule has 5 rings (SSSR count). The van der Waals surface area contributed by atoms with Crippen LogP contribution < -0.4 is 10.1 Å². The third-order valence-corrected chi connectivity index (χ3v) is 4.67. The molecule has 0 spiro atoms. The predicted molar refractivity (Wildman–Crippen MR) is 105 cm³/mol. The number of nitrogens with one attached hydrogen (secondary N) is 2. The molecule has 30 heavy (non-hydrogen) atoms. The van der Waals surface area contributed by atoms with Crippen molar-refractivity contribution in [3.8, 4) is 23.1 Å². The average molecular weight is 407 g/mol. The topological polar surface area (TPSA) is 88.9 Å². The first-order chi connectivity index (χ1) is 14.6. The SMILES string of the molecule is CC1=Cc2c(ccc(Oc3ncnc(Nc4cc(-c5ccco5)[nH]n4)c3F)c2F)C1. The van der Waals surface area contributed by atoms with E-state index in [1.54, 1.807) is 30.3 Å². The van der Waals surface area contributed by atoms with E-state index in [2.05, 4.69) is 25.5 Å². The minimum atomic E-state index is -0.869. The summed E-state index contributed by atoms with van der Waals surface area (Å²) < 4.78 is 40.4. The summed E-state index contributed by atoms with van der Waals surface area (Å²) in [6.45, 7) is 1.92. The molecular formula is C21H15F2N5O2. The van der Waals surface area contributed by atoms with Crippen LogP contribution in [0.2, 0.25) is 0 Å². The molecule has 0 unspecified atom stereocenters. The van der Waals surface area contributed by atoms with Crippen molar-refractivity contribution >= 4 is 17.7 Å². The molecule has 7 nitrogen and oxygen atoms in total. The summed E-state index contributed by atoms with van der Waals surface area (Å²) in [5.41, 5.74) is 2.99. The second-order valence-corrected chi connectivity index (χ2v) is 6.83. The second kappa shape index (κ2) is 7.11. The lowest BCUT2D eigenvalue weighted by atomic mass is 10.1. The molecule has 0 bridgehead atoms. The molecule has 150 valence electrons. The third-order valence-electron chi connectivity index (χ3n) is 4.67. The highest BCUT2D eigenvalue weighted by Crippen LogP contribution is 2.35. The Balaban J connectivity index is 1.40. The van der Waals surface area contributed by atoms with Crippen molar-refractivity contribution in [3.05, 3.63) is 71.3 Å². The van der Waals surface area contributed by atoms with Crippen molar-refractivity contribution in [1.29, 1.82) is 0 Å². The lowest BCUT2D eigenvalue weighted by Crippen LogP contribution is -2.02.